The summed E-state index contributed by atoms with van der Waals surface area (Å²) in [7, 11) is 0. The lowest BCUT2D eigenvalue weighted by Crippen LogP contribution is -2.43. The number of hydrogen-bond donors (Lipinski definition) is 2. The Kier molecular flexibility index (Phi) is 2.58. The van der Waals surface area contributed by atoms with Crippen LogP contribution < -0.4 is 10.6 Å². The van der Waals surface area contributed by atoms with Gasteiger partial charge in [-0.2, -0.15) is 0 Å². The zero-order valence-electron chi connectivity index (χ0n) is 9.60. The van der Waals surface area contributed by atoms with Crippen LogP contribution in [0.4, 0.5) is 10.5 Å². The summed E-state index contributed by atoms with van der Waals surface area (Å²) >= 11 is 6.08. The highest BCUT2D eigenvalue weighted by Gasteiger charge is 2.33. The molecule has 1 heterocycles. The summed E-state index contributed by atoms with van der Waals surface area (Å²) in [4.78, 5) is 11.6. The van der Waals surface area contributed by atoms with E-state index in [1.165, 1.54) is 0 Å². The molecule has 0 radical (unpaired) electrons. The normalized spacial score (nSPS) is 19.8. The van der Waals surface area contributed by atoms with Gasteiger partial charge in [-0.05, 0) is 11.5 Å². The number of anilines is 1. The van der Waals surface area contributed by atoms with Crippen molar-refractivity contribution in [1.82, 2.24) is 5.32 Å². The summed E-state index contributed by atoms with van der Waals surface area (Å²) in [6, 6.07) is 5.46. The van der Waals surface area contributed by atoms with Crippen molar-refractivity contribution in [3.8, 4) is 0 Å². The number of urea groups is 1. The number of hydrogen-bond acceptors (Lipinski definition) is 1. The molecule has 0 aromatic heterocycles. The highest BCUT2D eigenvalue weighted by molar-refractivity contribution is 6.34. The SMILES string of the molecule is CC(C)(C)C1NC(=O)Nc2c(Cl)cccc21. The summed E-state index contributed by atoms with van der Waals surface area (Å²) in [5, 5.41) is 6.26. The first-order valence-electron chi connectivity index (χ1n) is 5.25. The van der Waals surface area contributed by atoms with Gasteiger partial charge in [0.1, 0.15) is 0 Å². The fourth-order valence-corrected chi connectivity index (χ4v) is 2.18. The highest BCUT2D eigenvalue weighted by Crippen LogP contribution is 2.41. The van der Waals surface area contributed by atoms with E-state index < -0.39 is 0 Å². The van der Waals surface area contributed by atoms with Gasteiger partial charge in [0, 0.05) is 5.56 Å². The van der Waals surface area contributed by atoms with Gasteiger partial charge >= 0.3 is 6.03 Å². The fraction of sp³-hybridized carbons (Fsp3) is 0.417. The largest absolute Gasteiger partial charge is 0.330 e. The van der Waals surface area contributed by atoms with E-state index in [9.17, 15) is 4.79 Å². The minimum Gasteiger partial charge on any atom is -0.330 e. The van der Waals surface area contributed by atoms with Crippen molar-refractivity contribution in [2.45, 2.75) is 26.8 Å². The minimum atomic E-state index is -0.194. The molecule has 1 aliphatic heterocycles. The molecule has 2 amide bonds. The molecule has 1 unspecified atom stereocenters. The first-order chi connectivity index (χ1) is 7.39. The molecule has 0 fully saturated rings. The van der Waals surface area contributed by atoms with Gasteiger partial charge in [-0.15, -0.1) is 0 Å². The minimum absolute atomic E-state index is 0.0186. The summed E-state index contributed by atoms with van der Waals surface area (Å²) < 4.78 is 0. The molecule has 0 saturated heterocycles. The topological polar surface area (TPSA) is 41.1 Å². The van der Waals surface area contributed by atoms with Crippen LogP contribution in [-0.2, 0) is 0 Å². The van der Waals surface area contributed by atoms with E-state index in [1.54, 1.807) is 6.07 Å². The Labute approximate surface area is 100 Å². The van der Waals surface area contributed by atoms with Gasteiger partial charge in [-0.1, -0.05) is 44.5 Å². The molecule has 0 saturated carbocycles. The Bertz CT molecular complexity index is 437. The predicted octanol–water partition coefficient (Wildman–Crippen LogP) is 3.56. The lowest BCUT2D eigenvalue weighted by Gasteiger charge is -2.36. The summed E-state index contributed by atoms with van der Waals surface area (Å²) in [6.07, 6.45) is 0. The lowest BCUT2D eigenvalue weighted by atomic mass is 9.81. The summed E-state index contributed by atoms with van der Waals surface area (Å²) in [5.74, 6) is 0. The smallest absolute Gasteiger partial charge is 0.319 e. The zero-order chi connectivity index (χ0) is 11.9. The fourth-order valence-electron chi connectivity index (χ4n) is 1.95. The van der Waals surface area contributed by atoms with Crippen molar-refractivity contribution >= 4 is 23.3 Å². The van der Waals surface area contributed by atoms with Gasteiger partial charge in [-0.25, -0.2) is 4.79 Å². The molecule has 16 heavy (non-hydrogen) atoms. The average molecular weight is 239 g/mol. The number of carbonyl (C=O) groups excluding carboxylic acids is 1. The molecule has 3 nitrogen and oxygen atoms in total. The van der Waals surface area contributed by atoms with Gasteiger partial charge in [-0.3, -0.25) is 0 Å². The maximum absolute atomic E-state index is 11.6. The van der Waals surface area contributed by atoms with Crippen LogP contribution in [0.15, 0.2) is 18.2 Å². The Morgan fingerprint density at radius 1 is 1.31 bits per heavy atom. The molecule has 2 rings (SSSR count). The van der Waals surface area contributed by atoms with Crippen LogP contribution in [0.3, 0.4) is 0 Å². The number of fused-ring (bicyclic) bond motifs is 1. The van der Waals surface area contributed by atoms with Crippen LogP contribution in [0.5, 0.6) is 0 Å². The average Bonchev–Trinajstić information content (AvgIpc) is 2.17. The molecule has 1 aliphatic rings. The molecule has 1 aromatic rings. The second-order valence-corrected chi connectivity index (χ2v) is 5.51. The van der Waals surface area contributed by atoms with Gasteiger partial charge in [0.15, 0.2) is 0 Å². The number of rotatable bonds is 0. The maximum atomic E-state index is 11.6. The van der Waals surface area contributed by atoms with Crippen LogP contribution >= 0.6 is 11.6 Å². The summed E-state index contributed by atoms with van der Waals surface area (Å²) in [6.45, 7) is 6.27. The van der Waals surface area contributed by atoms with Crippen LogP contribution in [0.1, 0.15) is 32.4 Å². The van der Waals surface area contributed by atoms with Gasteiger partial charge in [0.2, 0.25) is 0 Å². The van der Waals surface area contributed by atoms with Crippen molar-refractivity contribution < 1.29 is 4.79 Å². The molecule has 86 valence electrons. The molecule has 0 aliphatic carbocycles. The number of halogens is 1. The first kappa shape index (κ1) is 11.3. The number of amides is 2. The van der Waals surface area contributed by atoms with E-state index in [0.717, 1.165) is 11.3 Å². The second kappa shape index (κ2) is 3.67. The zero-order valence-corrected chi connectivity index (χ0v) is 10.4. The maximum Gasteiger partial charge on any atom is 0.319 e. The molecule has 0 spiro atoms. The standard InChI is InChI=1S/C12H15ClN2O/c1-12(2,3)10-7-5-4-6-8(13)9(7)14-11(16)15-10/h4-6,10H,1-3H3,(H2,14,15,16). The third-order valence-electron chi connectivity index (χ3n) is 2.74. The van der Waals surface area contributed by atoms with Crippen LogP contribution in [0.25, 0.3) is 0 Å². The molecule has 4 heteroatoms. The second-order valence-electron chi connectivity index (χ2n) is 5.10. The van der Waals surface area contributed by atoms with Gasteiger partial charge < -0.3 is 10.6 Å². The molecule has 1 atom stereocenters. The van der Waals surface area contributed by atoms with Crippen molar-refractivity contribution in [2.75, 3.05) is 5.32 Å². The van der Waals surface area contributed by atoms with Crippen LogP contribution in [0.2, 0.25) is 5.02 Å². The highest BCUT2D eigenvalue weighted by atomic mass is 35.5. The Hall–Kier alpha value is -1.22. The lowest BCUT2D eigenvalue weighted by molar-refractivity contribution is 0.226. The Balaban J connectivity index is 2.55. The molecule has 0 bridgehead atoms. The Morgan fingerprint density at radius 2 is 2.00 bits per heavy atom. The number of benzene rings is 1. The van der Waals surface area contributed by atoms with Crippen molar-refractivity contribution in [3.63, 3.8) is 0 Å². The van der Waals surface area contributed by atoms with Crippen molar-refractivity contribution in [1.29, 1.82) is 0 Å². The molecular formula is C12H15ClN2O. The van der Waals surface area contributed by atoms with E-state index in [0.29, 0.717) is 5.02 Å². The Morgan fingerprint density at radius 3 is 2.62 bits per heavy atom. The number of para-hydroxylation sites is 1. The van der Waals surface area contributed by atoms with E-state index in [4.69, 9.17) is 11.6 Å². The number of carbonyl (C=O) groups is 1. The third-order valence-corrected chi connectivity index (χ3v) is 3.05. The van der Waals surface area contributed by atoms with Crippen molar-refractivity contribution in [3.05, 3.63) is 28.8 Å². The summed E-state index contributed by atoms with van der Waals surface area (Å²) in [5.41, 5.74) is 1.73. The van der Waals surface area contributed by atoms with Crippen molar-refractivity contribution in [2.24, 2.45) is 5.41 Å². The predicted molar refractivity (Wildman–Crippen MR) is 65.8 cm³/mol. The van der Waals surface area contributed by atoms with Gasteiger partial charge in [0.05, 0.1) is 16.8 Å². The van der Waals surface area contributed by atoms with E-state index >= 15 is 0 Å². The van der Waals surface area contributed by atoms with Crippen LogP contribution in [0, 0.1) is 5.41 Å². The third kappa shape index (κ3) is 1.87. The quantitative estimate of drug-likeness (QED) is 0.713. The van der Waals surface area contributed by atoms with Crippen LogP contribution in [-0.4, -0.2) is 6.03 Å². The molecule has 1 aromatic carbocycles. The molecular weight excluding hydrogens is 224 g/mol. The van der Waals surface area contributed by atoms with E-state index in [2.05, 4.69) is 31.4 Å². The van der Waals surface area contributed by atoms with E-state index in [-0.39, 0.29) is 17.5 Å². The molecule has 2 N–H and O–H groups in total. The number of nitrogens with one attached hydrogen (secondary N) is 2. The monoisotopic (exact) mass is 238 g/mol. The first-order valence-corrected chi connectivity index (χ1v) is 5.63. The van der Waals surface area contributed by atoms with E-state index in [1.807, 2.05) is 12.1 Å². The van der Waals surface area contributed by atoms with Gasteiger partial charge in [0.25, 0.3) is 0 Å².